The van der Waals surface area contributed by atoms with Crippen molar-refractivity contribution in [3.63, 3.8) is 0 Å². The van der Waals surface area contributed by atoms with Crippen LogP contribution < -0.4 is 45.0 Å². The highest BCUT2D eigenvalue weighted by molar-refractivity contribution is 9.12. The van der Waals surface area contributed by atoms with Gasteiger partial charge in [-0.3, -0.25) is 84.5 Å². The van der Waals surface area contributed by atoms with E-state index in [9.17, 15) is 107 Å². The van der Waals surface area contributed by atoms with E-state index >= 15 is 0 Å². The zero-order valence-corrected chi connectivity index (χ0v) is 45.7. The second-order valence-corrected chi connectivity index (χ2v) is 29.3. The number of aromatic amines is 4. The maximum Gasteiger partial charge on any atom is 0.472 e. The summed E-state index contributed by atoms with van der Waals surface area (Å²) in [6, 6.07) is 3.22. The molecule has 8 heterocycles. The molecule has 4 saturated heterocycles. The number of aromatic nitrogens is 8. The lowest BCUT2D eigenvalue weighted by Gasteiger charge is -2.28. The minimum absolute atomic E-state index is 0.489. The number of hydrogen-bond acceptors (Lipinski definition) is 30. The fourth-order valence-electron chi connectivity index (χ4n) is 8.47. The summed E-state index contributed by atoms with van der Waals surface area (Å²) in [5, 5.41) is 63.1. The van der Waals surface area contributed by atoms with Crippen molar-refractivity contribution in [1.82, 2.24) is 38.2 Å². The van der Waals surface area contributed by atoms with Crippen molar-refractivity contribution in [2.45, 2.75) is 98.2 Å². The lowest BCUT2D eigenvalue weighted by atomic mass is 10.1. The summed E-state index contributed by atoms with van der Waals surface area (Å²) >= 11 is 0. The zero-order valence-electron chi connectivity index (χ0n) is 40.5. The largest absolute Gasteiger partial charge is 0.472 e. The van der Waals surface area contributed by atoms with E-state index in [1.807, 2.05) is 19.9 Å². The smallest absolute Gasteiger partial charge is 0.394 e. The first kappa shape index (κ1) is 63.6. The molecule has 4 fully saturated rings. The summed E-state index contributed by atoms with van der Waals surface area (Å²) in [5.41, 5.74) is -8.48. The number of aliphatic hydroxyl groups is 6. The third-order valence-electron chi connectivity index (χ3n) is 12.2. The number of aliphatic hydroxyl groups excluding tert-OH is 6. The topological polar surface area (TPSA) is 582 Å². The van der Waals surface area contributed by atoms with Crippen LogP contribution in [-0.4, -0.2) is 188 Å². The van der Waals surface area contributed by atoms with Crippen molar-refractivity contribution in [2.75, 3.05) is 26.4 Å². The Bertz CT molecular complexity index is 3450. The molecule has 8 rings (SSSR count). The van der Waals surface area contributed by atoms with Crippen LogP contribution in [-0.2, 0) is 64.4 Å². The molecule has 4 unspecified atom stereocenters. The summed E-state index contributed by atoms with van der Waals surface area (Å²) in [6.45, 7) is -16.1. The van der Waals surface area contributed by atoms with Gasteiger partial charge in [0.2, 0.25) is 0 Å². The van der Waals surface area contributed by atoms with Crippen LogP contribution in [0.1, 0.15) is 24.9 Å². The molecule has 0 bridgehead atoms. The van der Waals surface area contributed by atoms with Crippen LogP contribution in [0.25, 0.3) is 0 Å². The van der Waals surface area contributed by atoms with Gasteiger partial charge in [0.1, 0.15) is 73.2 Å². The number of ether oxygens (including phenoxy) is 4. The Kier molecular flexibility index (Phi) is 19.6. The molecular formula is C36H46N8O32P4S2. The summed E-state index contributed by atoms with van der Waals surface area (Å²) in [5.74, 6) is 0. The minimum atomic E-state index is -5.70. The maximum atomic E-state index is 14.0. The Morgan fingerprint density at radius 1 is 0.427 bits per heavy atom. The highest BCUT2D eigenvalue weighted by Crippen LogP contribution is 2.75. The average Bonchev–Trinajstić information content (AvgIpc) is 4.24. The Hall–Kier alpha value is -4.46. The third kappa shape index (κ3) is 14.4. The number of phosphoric ester groups is 2. The van der Waals surface area contributed by atoms with Gasteiger partial charge in [0.05, 0.1) is 26.4 Å². The number of nitrogens with one attached hydrogen (secondary N) is 4. The summed E-state index contributed by atoms with van der Waals surface area (Å²) in [4.78, 5) is 149. The number of hydrogen-bond donors (Lipinski definition) is 14. The van der Waals surface area contributed by atoms with Crippen molar-refractivity contribution < 1.29 is 115 Å². The summed E-state index contributed by atoms with van der Waals surface area (Å²) in [7, 11) is -12.4. The molecule has 454 valence electrons. The van der Waals surface area contributed by atoms with Crippen LogP contribution in [0.3, 0.4) is 0 Å². The van der Waals surface area contributed by atoms with Crippen LogP contribution in [0.2, 0.25) is 0 Å². The van der Waals surface area contributed by atoms with E-state index in [0.29, 0.717) is 18.3 Å². The van der Waals surface area contributed by atoms with Gasteiger partial charge in [-0.1, -0.05) is 0 Å². The molecule has 4 aromatic rings. The molecule has 20 atom stereocenters. The maximum absolute atomic E-state index is 14.0. The Labute approximate surface area is 458 Å². The van der Waals surface area contributed by atoms with E-state index < -0.39 is 220 Å². The molecule has 0 aliphatic carbocycles. The fourth-order valence-corrected chi connectivity index (χ4v) is 19.7. The van der Waals surface area contributed by atoms with Crippen molar-refractivity contribution >= 4 is 50.1 Å². The number of phosphoric acid groups is 2. The van der Waals surface area contributed by atoms with Crippen LogP contribution in [0, 0.1) is 0 Å². The van der Waals surface area contributed by atoms with E-state index in [1.165, 1.54) is 0 Å². The number of rotatable bonds is 23. The molecule has 40 nitrogen and oxygen atoms in total. The third-order valence-corrected chi connectivity index (χ3v) is 23.2. The van der Waals surface area contributed by atoms with E-state index in [2.05, 4.69) is 0 Å². The lowest BCUT2D eigenvalue weighted by molar-refractivity contribution is -0.0615. The molecule has 4 aromatic heterocycles. The SMILES string of the molecule is O=c1ccn([C@@H]2O[C@H](COP(=O)(O)O[C@H]3[C@@H](OP(=O)(O)SSP(=O)(O)O[C@@H]4[C@H](OP(=O)(O)OC[C@H]5O[C@@H](n6ccc(=O)[nH]c6=O)[C@H](O)[C@@H]5O)[C@@H](CO)O[C@H]4n4ccc(=O)[nH]c4=O)[C@H](n4ccc(=O)[nH]c4=O)O[C@@H]3CO)[C@@H](O)[C@H]2O)c(=O)[nH]1. The van der Waals surface area contributed by atoms with Gasteiger partial charge in [-0.2, -0.15) is 0 Å². The van der Waals surface area contributed by atoms with Crippen LogP contribution in [0.4, 0.5) is 0 Å². The molecule has 4 aliphatic heterocycles. The summed E-state index contributed by atoms with van der Waals surface area (Å²) < 4.78 is 111. The standard InChI is InChI=1S/C36H46N8O32P4S2/c45-9-13-25(73-77(59,60)67-11-15-21(51)23(53)29(71-15)41-5-1-17(47)37-33(41)55)27(31(69-13)43-7-3-19(49)39-35(43)57)75-79(63,64)81-82-80(65,66)76-28-26(14(10-46)70-32(28)44-8-4-20(50)40-36(44)58)74-78(61,62)68-12-16-22(52)24(54)30(72-16)42-6-2-18(48)38-34(42)56/h1-8,13-16,21-32,45-46,51-54H,9-12H2,(H,59,60)(H,61,62)(H,63,64)(H,65,66)(H,37,47,55)(H,38,48,56)(H,39,49,57)(H,40,50,58)/t13-,14-,15-,16-,21-,22-,23-,24-,25-,26-,27-,28-,29-,30-,31-,32-/m1/s1. The number of nitrogens with zero attached hydrogens (tertiary/aromatic N) is 4. The quantitative estimate of drug-likeness (QED) is 0.0243. The molecule has 4 aliphatic rings. The molecule has 0 saturated carbocycles. The molecule has 0 amide bonds. The molecule has 0 spiro atoms. The van der Waals surface area contributed by atoms with E-state index in [1.54, 1.807) is 0 Å². The molecular weight excluding hydrogens is 1240 g/mol. The molecule has 14 N–H and O–H groups in total. The lowest BCUT2D eigenvalue weighted by Crippen LogP contribution is -2.40. The Morgan fingerprint density at radius 3 is 0.988 bits per heavy atom. The molecule has 46 heteroatoms. The van der Waals surface area contributed by atoms with Gasteiger partial charge in [0, 0.05) is 69.9 Å². The molecule has 0 radical (unpaired) electrons. The first-order chi connectivity index (χ1) is 38.4. The highest BCUT2D eigenvalue weighted by Gasteiger charge is 2.56. The predicted octanol–water partition coefficient (Wildman–Crippen LogP) is -6.44. The predicted molar refractivity (Wildman–Crippen MR) is 265 cm³/mol. The fraction of sp³-hybridized carbons (Fsp3) is 0.556. The molecule has 82 heavy (non-hydrogen) atoms. The Balaban J connectivity index is 0.999. The normalized spacial score (nSPS) is 33.1. The van der Waals surface area contributed by atoms with E-state index in [0.717, 1.165) is 49.1 Å². The van der Waals surface area contributed by atoms with Crippen molar-refractivity contribution in [2.24, 2.45) is 0 Å². The minimum Gasteiger partial charge on any atom is -0.394 e. The summed E-state index contributed by atoms with van der Waals surface area (Å²) in [6.07, 6.45) is -28.7. The van der Waals surface area contributed by atoms with E-state index in [-0.39, 0.29) is 0 Å². The van der Waals surface area contributed by atoms with E-state index in [4.69, 9.17) is 46.1 Å². The Morgan fingerprint density at radius 2 is 0.707 bits per heavy atom. The second kappa shape index (κ2) is 25.2. The first-order valence-corrected chi connectivity index (χ1v) is 32.4. The van der Waals surface area contributed by atoms with Crippen LogP contribution >= 0.6 is 50.1 Å². The monoisotopic (exact) mass is 1290 g/mol. The van der Waals surface area contributed by atoms with Gasteiger partial charge in [0.15, 0.2) is 24.9 Å². The van der Waals surface area contributed by atoms with Crippen molar-refractivity contribution in [1.29, 1.82) is 0 Å². The second-order valence-electron chi connectivity index (χ2n) is 17.6. The highest BCUT2D eigenvalue weighted by atomic mass is 33.5. The first-order valence-electron chi connectivity index (χ1n) is 22.9. The average molecular weight is 1290 g/mol. The van der Waals surface area contributed by atoms with Gasteiger partial charge >= 0.3 is 52.0 Å². The van der Waals surface area contributed by atoms with Gasteiger partial charge < -0.3 is 69.2 Å². The van der Waals surface area contributed by atoms with Gasteiger partial charge in [-0.05, 0) is 0 Å². The van der Waals surface area contributed by atoms with Crippen molar-refractivity contribution in [3.05, 3.63) is 132 Å². The number of H-pyrrole nitrogens is 4. The van der Waals surface area contributed by atoms with Crippen LogP contribution in [0.5, 0.6) is 0 Å². The van der Waals surface area contributed by atoms with Gasteiger partial charge in [-0.15, -0.1) is 0 Å². The van der Waals surface area contributed by atoms with Crippen LogP contribution in [0.15, 0.2) is 87.4 Å². The van der Waals surface area contributed by atoms with Gasteiger partial charge in [-0.25, -0.2) is 37.4 Å². The van der Waals surface area contributed by atoms with Gasteiger partial charge in [0.25, 0.3) is 22.2 Å². The molecule has 0 aromatic carbocycles. The zero-order chi connectivity index (χ0) is 60.0. The van der Waals surface area contributed by atoms with Crippen molar-refractivity contribution in [3.8, 4) is 0 Å².